The summed E-state index contributed by atoms with van der Waals surface area (Å²) >= 11 is 0. The number of carbonyl (C=O) groups is 1. The van der Waals surface area contributed by atoms with Crippen LogP contribution in [-0.2, 0) is 15.0 Å². The molecular weight excluding hydrogens is 220 g/mol. The number of rotatable bonds is 4. The fourth-order valence-corrected chi connectivity index (χ4v) is 3.60. The maximum atomic E-state index is 11.8. The van der Waals surface area contributed by atoms with Crippen molar-refractivity contribution in [3.8, 4) is 0 Å². The van der Waals surface area contributed by atoms with Gasteiger partial charge in [-0.1, -0.05) is 0 Å². The molecule has 0 atom stereocenters. The average molecular weight is 234 g/mol. The van der Waals surface area contributed by atoms with Crippen molar-refractivity contribution in [3.63, 3.8) is 0 Å². The molecule has 86 valence electrons. The molecule has 1 heterocycles. The Labute approximate surface area is 88.7 Å². The van der Waals surface area contributed by atoms with E-state index >= 15 is 0 Å². The molecule has 15 heavy (non-hydrogen) atoms. The van der Waals surface area contributed by atoms with Gasteiger partial charge in [0.1, 0.15) is 0 Å². The van der Waals surface area contributed by atoms with Crippen LogP contribution >= 0.6 is 0 Å². The van der Waals surface area contributed by atoms with Crippen molar-refractivity contribution in [1.82, 2.24) is 8.61 Å². The summed E-state index contributed by atoms with van der Waals surface area (Å²) in [7, 11) is -3.36. The minimum absolute atomic E-state index is 0.0842. The molecule has 0 radical (unpaired) electrons. The molecule has 1 saturated carbocycles. The van der Waals surface area contributed by atoms with Crippen LogP contribution in [0.3, 0.4) is 0 Å². The van der Waals surface area contributed by atoms with Gasteiger partial charge in [-0.05, 0) is 12.8 Å². The molecule has 0 amide bonds. The Morgan fingerprint density at radius 2 is 2.00 bits per heavy atom. The number of carboxylic acids is 1. The SMILES string of the molecule is O=C(O)CCN1CCN(C2CC2)S1(=O)=O. The molecule has 2 rings (SSSR count). The van der Waals surface area contributed by atoms with Crippen molar-refractivity contribution in [1.29, 1.82) is 0 Å². The summed E-state index contributed by atoms with van der Waals surface area (Å²) < 4.78 is 26.5. The molecule has 0 aromatic heterocycles. The maximum Gasteiger partial charge on any atom is 0.304 e. The number of hydrogen-bond donors (Lipinski definition) is 1. The van der Waals surface area contributed by atoms with Crippen LogP contribution in [0.25, 0.3) is 0 Å². The summed E-state index contributed by atoms with van der Waals surface area (Å²) in [5.41, 5.74) is 0. The minimum Gasteiger partial charge on any atom is -0.481 e. The van der Waals surface area contributed by atoms with E-state index in [1.807, 2.05) is 0 Å². The molecule has 1 aliphatic carbocycles. The first-order valence-corrected chi connectivity index (χ1v) is 6.40. The second kappa shape index (κ2) is 3.73. The topological polar surface area (TPSA) is 77.9 Å². The monoisotopic (exact) mass is 234 g/mol. The van der Waals surface area contributed by atoms with Gasteiger partial charge in [-0.15, -0.1) is 0 Å². The van der Waals surface area contributed by atoms with E-state index in [0.717, 1.165) is 12.8 Å². The highest BCUT2D eigenvalue weighted by Gasteiger charge is 2.44. The van der Waals surface area contributed by atoms with Crippen LogP contribution in [0.5, 0.6) is 0 Å². The van der Waals surface area contributed by atoms with Crippen LogP contribution in [0.4, 0.5) is 0 Å². The second-order valence-corrected chi connectivity index (χ2v) is 5.77. The van der Waals surface area contributed by atoms with Gasteiger partial charge in [-0.25, -0.2) is 0 Å². The predicted octanol–water partition coefficient (Wildman–Crippen LogP) is -0.514. The summed E-state index contributed by atoms with van der Waals surface area (Å²) in [4.78, 5) is 10.4. The standard InChI is InChI=1S/C8H14N2O4S/c11-8(12)3-4-9-5-6-10(7-1-2-7)15(9,13)14/h7H,1-6H2,(H,11,12). The Kier molecular flexibility index (Phi) is 2.70. The summed E-state index contributed by atoms with van der Waals surface area (Å²) in [6, 6.07) is 0.171. The lowest BCUT2D eigenvalue weighted by molar-refractivity contribution is -0.137. The Hall–Kier alpha value is -0.660. The molecule has 1 saturated heterocycles. The van der Waals surface area contributed by atoms with Crippen LogP contribution < -0.4 is 0 Å². The fourth-order valence-electron chi connectivity index (χ4n) is 1.77. The van der Waals surface area contributed by atoms with Gasteiger partial charge < -0.3 is 5.11 Å². The van der Waals surface area contributed by atoms with E-state index in [1.165, 1.54) is 8.61 Å². The quantitative estimate of drug-likeness (QED) is 0.710. The molecule has 1 N–H and O–H groups in total. The van der Waals surface area contributed by atoms with Gasteiger partial charge in [-0.3, -0.25) is 4.79 Å². The summed E-state index contributed by atoms with van der Waals surface area (Å²) in [6.45, 7) is 1.01. The van der Waals surface area contributed by atoms with Crippen molar-refractivity contribution in [2.24, 2.45) is 0 Å². The average Bonchev–Trinajstić information content (AvgIpc) is 2.89. The van der Waals surface area contributed by atoms with E-state index in [2.05, 4.69) is 0 Å². The fraction of sp³-hybridized carbons (Fsp3) is 0.875. The smallest absolute Gasteiger partial charge is 0.304 e. The van der Waals surface area contributed by atoms with E-state index in [1.54, 1.807) is 0 Å². The molecule has 0 aromatic carbocycles. The van der Waals surface area contributed by atoms with Crippen LogP contribution in [0.2, 0.25) is 0 Å². The lowest BCUT2D eigenvalue weighted by Gasteiger charge is -2.17. The van der Waals surface area contributed by atoms with E-state index < -0.39 is 16.2 Å². The van der Waals surface area contributed by atoms with E-state index in [-0.39, 0.29) is 19.0 Å². The molecule has 2 aliphatic rings. The van der Waals surface area contributed by atoms with E-state index in [4.69, 9.17) is 5.11 Å². The van der Waals surface area contributed by atoms with Gasteiger partial charge >= 0.3 is 5.97 Å². The Morgan fingerprint density at radius 3 is 2.53 bits per heavy atom. The highest BCUT2D eigenvalue weighted by Crippen LogP contribution is 2.32. The highest BCUT2D eigenvalue weighted by atomic mass is 32.2. The third-order valence-corrected chi connectivity index (χ3v) is 4.81. The van der Waals surface area contributed by atoms with Crippen molar-refractivity contribution in [2.45, 2.75) is 25.3 Å². The zero-order chi connectivity index (χ0) is 11.1. The maximum absolute atomic E-state index is 11.8. The molecule has 6 nitrogen and oxygen atoms in total. The number of hydrogen-bond acceptors (Lipinski definition) is 3. The van der Waals surface area contributed by atoms with Crippen molar-refractivity contribution in [3.05, 3.63) is 0 Å². The van der Waals surface area contributed by atoms with Crippen LogP contribution in [0, 0.1) is 0 Å². The number of nitrogens with zero attached hydrogens (tertiary/aromatic N) is 2. The van der Waals surface area contributed by atoms with Crippen LogP contribution in [0.1, 0.15) is 19.3 Å². The molecule has 0 spiro atoms. The van der Waals surface area contributed by atoms with Crippen LogP contribution in [0.15, 0.2) is 0 Å². The summed E-state index contributed by atoms with van der Waals surface area (Å²) in [5, 5.41) is 8.50. The Balaban J connectivity index is 1.99. The van der Waals surface area contributed by atoms with Gasteiger partial charge in [0, 0.05) is 25.7 Å². The van der Waals surface area contributed by atoms with Gasteiger partial charge in [-0.2, -0.15) is 17.0 Å². The molecule has 0 unspecified atom stereocenters. The Morgan fingerprint density at radius 1 is 1.33 bits per heavy atom. The molecule has 0 bridgehead atoms. The zero-order valence-corrected chi connectivity index (χ0v) is 9.11. The van der Waals surface area contributed by atoms with Gasteiger partial charge in [0.2, 0.25) is 0 Å². The summed E-state index contributed by atoms with van der Waals surface area (Å²) in [5.74, 6) is -0.963. The van der Waals surface area contributed by atoms with Crippen molar-refractivity contribution >= 4 is 16.2 Å². The van der Waals surface area contributed by atoms with E-state index in [0.29, 0.717) is 13.1 Å². The Bertz CT molecular complexity index is 363. The first-order valence-electron chi connectivity index (χ1n) is 5.00. The molecule has 7 heteroatoms. The molecule has 1 aliphatic heterocycles. The lowest BCUT2D eigenvalue weighted by atomic mass is 10.4. The lowest BCUT2D eigenvalue weighted by Crippen LogP contribution is -2.35. The number of aliphatic carboxylic acids is 1. The normalized spacial score (nSPS) is 26.9. The molecule has 0 aromatic rings. The molecular formula is C8H14N2O4S. The van der Waals surface area contributed by atoms with Gasteiger partial charge in [0.15, 0.2) is 0 Å². The largest absolute Gasteiger partial charge is 0.481 e. The molecule has 2 fully saturated rings. The third kappa shape index (κ3) is 2.14. The zero-order valence-electron chi connectivity index (χ0n) is 8.29. The summed E-state index contributed by atoms with van der Waals surface area (Å²) in [6.07, 6.45) is 1.75. The van der Waals surface area contributed by atoms with Crippen molar-refractivity contribution < 1.29 is 18.3 Å². The third-order valence-electron chi connectivity index (χ3n) is 2.72. The first kappa shape index (κ1) is 10.8. The van der Waals surface area contributed by atoms with Gasteiger partial charge in [0.05, 0.1) is 6.42 Å². The van der Waals surface area contributed by atoms with E-state index in [9.17, 15) is 13.2 Å². The predicted molar refractivity (Wildman–Crippen MR) is 52.5 cm³/mol. The van der Waals surface area contributed by atoms with Crippen LogP contribution in [-0.4, -0.2) is 53.8 Å². The van der Waals surface area contributed by atoms with Gasteiger partial charge in [0.25, 0.3) is 10.2 Å². The second-order valence-electron chi connectivity index (χ2n) is 3.89. The minimum atomic E-state index is -3.36. The first-order chi connectivity index (χ1) is 7.01. The highest BCUT2D eigenvalue weighted by molar-refractivity contribution is 7.87. The number of carboxylic acid groups (broad SMARTS) is 1. The van der Waals surface area contributed by atoms with Crippen molar-refractivity contribution in [2.75, 3.05) is 19.6 Å².